The van der Waals surface area contributed by atoms with E-state index in [0.29, 0.717) is 0 Å². The molecule has 0 aromatic carbocycles. The molecule has 0 saturated carbocycles. The molecule has 0 aromatic rings. The number of hydrogen-bond donors (Lipinski definition) is 0. The van der Waals surface area contributed by atoms with Gasteiger partial charge in [-0.05, 0) is 19.4 Å². The van der Waals surface area contributed by atoms with Gasteiger partial charge in [0.15, 0.2) is 0 Å². The lowest BCUT2D eigenvalue weighted by molar-refractivity contribution is -0.145. The van der Waals surface area contributed by atoms with Gasteiger partial charge in [0, 0.05) is 12.1 Å². The van der Waals surface area contributed by atoms with E-state index >= 15 is 0 Å². The molecule has 1 unspecified atom stereocenters. The Morgan fingerprint density at radius 2 is 2.54 bits per heavy atom. The van der Waals surface area contributed by atoms with Crippen LogP contribution in [0.4, 0.5) is 0 Å². The Kier molecular flexibility index (Phi) is 4.25. The molecule has 1 fully saturated rings. The number of rotatable bonds is 3. The Hall–Kier alpha value is -0.540. The summed E-state index contributed by atoms with van der Waals surface area (Å²) in [4.78, 5) is 13.3. The van der Waals surface area contributed by atoms with Crippen molar-refractivity contribution < 1.29 is 9.53 Å². The van der Waals surface area contributed by atoms with Crippen LogP contribution in [0.1, 0.15) is 12.8 Å². The molecule has 0 bridgehead atoms. The Morgan fingerprint density at radius 3 is 3.15 bits per heavy atom. The zero-order valence-corrected chi connectivity index (χ0v) is 8.46. The van der Waals surface area contributed by atoms with Crippen LogP contribution in [0.2, 0.25) is 0 Å². The fourth-order valence-electron chi connectivity index (χ4n) is 1.62. The molecule has 1 aliphatic rings. The highest BCUT2D eigenvalue weighted by atomic mass is 35.5. The number of carbonyl (C=O) groups excluding carboxylic acids is 1. The molecule has 1 atom stereocenters. The van der Waals surface area contributed by atoms with Gasteiger partial charge >= 0.3 is 5.97 Å². The van der Waals surface area contributed by atoms with Crippen LogP contribution in [-0.4, -0.2) is 37.1 Å². The lowest BCUT2D eigenvalue weighted by atomic mass is 10.2. The van der Waals surface area contributed by atoms with E-state index in [1.54, 1.807) is 0 Å². The molecule has 0 spiro atoms. The largest absolute Gasteiger partial charge is 0.468 e. The molecule has 1 rings (SSSR count). The maximum atomic E-state index is 11.3. The van der Waals surface area contributed by atoms with Gasteiger partial charge in [-0.3, -0.25) is 9.69 Å². The highest BCUT2D eigenvalue weighted by molar-refractivity contribution is 6.25. The fourth-order valence-corrected chi connectivity index (χ4v) is 1.70. The number of methoxy groups -OCH3 is 1. The fraction of sp³-hybridized carbons (Fsp3) is 0.667. The van der Waals surface area contributed by atoms with Gasteiger partial charge in [0.2, 0.25) is 0 Å². The summed E-state index contributed by atoms with van der Waals surface area (Å²) in [5, 5.41) is 0. The summed E-state index contributed by atoms with van der Waals surface area (Å²) in [7, 11) is 1.43. The smallest absolute Gasteiger partial charge is 0.323 e. The number of halogens is 1. The number of esters is 1. The van der Waals surface area contributed by atoms with E-state index in [1.807, 2.05) is 6.08 Å². The molecule has 1 aliphatic heterocycles. The zero-order chi connectivity index (χ0) is 9.68. The molecule has 13 heavy (non-hydrogen) atoms. The average Bonchev–Trinajstić information content (AvgIpc) is 2.61. The predicted molar refractivity (Wildman–Crippen MR) is 51.6 cm³/mol. The van der Waals surface area contributed by atoms with Crippen LogP contribution in [0, 0.1) is 0 Å². The number of hydrogen-bond acceptors (Lipinski definition) is 3. The first-order valence-corrected chi connectivity index (χ1v) is 4.80. The molecule has 1 heterocycles. The first-order chi connectivity index (χ1) is 6.29. The minimum Gasteiger partial charge on any atom is -0.468 e. The molecule has 3 nitrogen and oxygen atoms in total. The molecule has 0 radical (unpaired) electrons. The first kappa shape index (κ1) is 10.5. The van der Waals surface area contributed by atoms with Crippen LogP contribution in [-0.2, 0) is 9.53 Å². The van der Waals surface area contributed by atoms with Gasteiger partial charge in [-0.25, -0.2) is 0 Å². The van der Waals surface area contributed by atoms with Gasteiger partial charge in [-0.2, -0.15) is 0 Å². The van der Waals surface area contributed by atoms with Gasteiger partial charge < -0.3 is 4.74 Å². The molecule has 0 N–H and O–H groups in total. The van der Waals surface area contributed by atoms with E-state index in [2.05, 4.69) is 4.90 Å². The van der Waals surface area contributed by atoms with Gasteiger partial charge in [0.1, 0.15) is 6.04 Å². The Morgan fingerprint density at radius 1 is 1.77 bits per heavy atom. The quantitative estimate of drug-likeness (QED) is 0.649. The summed E-state index contributed by atoms with van der Waals surface area (Å²) >= 11 is 5.42. The molecule has 4 heteroatoms. The molecule has 0 amide bonds. The SMILES string of the molecule is COC(=O)C1CCCN1CC=CCl. The van der Waals surface area contributed by atoms with Gasteiger partial charge in [-0.1, -0.05) is 17.7 Å². The zero-order valence-electron chi connectivity index (χ0n) is 7.70. The standard InChI is InChI=1S/C9H14ClNO2/c1-13-9(12)8-4-2-6-11(8)7-3-5-10/h3,5,8H,2,4,6-7H2,1H3. The van der Waals surface area contributed by atoms with Crippen LogP contribution in [0.25, 0.3) is 0 Å². The number of nitrogens with zero attached hydrogens (tertiary/aromatic N) is 1. The summed E-state index contributed by atoms with van der Waals surface area (Å²) in [5.41, 5.74) is 1.48. The van der Waals surface area contributed by atoms with Crippen molar-refractivity contribution in [2.24, 2.45) is 0 Å². The second kappa shape index (κ2) is 5.25. The van der Waals surface area contributed by atoms with Crippen LogP contribution < -0.4 is 0 Å². The monoisotopic (exact) mass is 203 g/mol. The maximum absolute atomic E-state index is 11.3. The minimum absolute atomic E-state index is 0.0714. The molecular formula is C9H14ClNO2. The lowest BCUT2D eigenvalue weighted by Gasteiger charge is -2.20. The van der Waals surface area contributed by atoms with Crippen LogP contribution in [0.15, 0.2) is 11.6 Å². The predicted octanol–water partition coefficient (Wildman–Crippen LogP) is 1.38. The number of likely N-dealkylation sites (tertiary alicyclic amines) is 1. The van der Waals surface area contributed by atoms with Crippen molar-refractivity contribution in [1.82, 2.24) is 4.90 Å². The highest BCUT2D eigenvalue weighted by Gasteiger charge is 2.30. The summed E-state index contributed by atoms with van der Waals surface area (Å²) in [6.45, 7) is 1.67. The van der Waals surface area contributed by atoms with E-state index in [9.17, 15) is 4.79 Å². The minimum atomic E-state index is -0.138. The Balaban J connectivity index is 2.48. The molecule has 1 saturated heterocycles. The first-order valence-electron chi connectivity index (χ1n) is 4.36. The molecular weight excluding hydrogens is 190 g/mol. The second-order valence-electron chi connectivity index (χ2n) is 3.04. The second-order valence-corrected chi connectivity index (χ2v) is 3.29. The van der Waals surface area contributed by atoms with Crippen molar-refractivity contribution in [3.63, 3.8) is 0 Å². The van der Waals surface area contributed by atoms with E-state index < -0.39 is 0 Å². The van der Waals surface area contributed by atoms with Crippen molar-refractivity contribution in [2.45, 2.75) is 18.9 Å². The van der Waals surface area contributed by atoms with Crippen molar-refractivity contribution in [2.75, 3.05) is 20.2 Å². The van der Waals surface area contributed by atoms with Crippen molar-refractivity contribution in [1.29, 1.82) is 0 Å². The van der Waals surface area contributed by atoms with E-state index in [4.69, 9.17) is 16.3 Å². The van der Waals surface area contributed by atoms with Gasteiger partial charge in [0.25, 0.3) is 0 Å². The third-order valence-electron chi connectivity index (χ3n) is 2.27. The summed E-state index contributed by atoms with van der Waals surface area (Å²) < 4.78 is 4.71. The van der Waals surface area contributed by atoms with E-state index in [-0.39, 0.29) is 12.0 Å². The number of ether oxygens (including phenoxy) is 1. The normalized spacial score (nSPS) is 24.0. The van der Waals surface area contributed by atoms with E-state index in [1.165, 1.54) is 12.6 Å². The van der Waals surface area contributed by atoms with Crippen molar-refractivity contribution in [3.8, 4) is 0 Å². The van der Waals surface area contributed by atoms with Crippen LogP contribution >= 0.6 is 11.6 Å². The summed E-state index contributed by atoms with van der Waals surface area (Å²) in [6.07, 6.45) is 3.78. The number of carbonyl (C=O) groups is 1. The lowest BCUT2D eigenvalue weighted by Crippen LogP contribution is -2.36. The molecule has 0 aromatic heterocycles. The Bertz CT molecular complexity index is 206. The van der Waals surface area contributed by atoms with Crippen LogP contribution in [0.3, 0.4) is 0 Å². The van der Waals surface area contributed by atoms with E-state index in [0.717, 1.165) is 25.9 Å². The van der Waals surface area contributed by atoms with Crippen molar-refractivity contribution >= 4 is 17.6 Å². The third-order valence-corrected chi connectivity index (χ3v) is 2.44. The Labute approximate surface area is 83.3 Å². The average molecular weight is 204 g/mol. The van der Waals surface area contributed by atoms with Gasteiger partial charge in [-0.15, -0.1) is 0 Å². The molecule has 0 aliphatic carbocycles. The summed E-state index contributed by atoms with van der Waals surface area (Å²) in [6, 6.07) is -0.0714. The van der Waals surface area contributed by atoms with Gasteiger partial charge in [0.05, 0.1) is 7.11 Å². The third kappa shape index (κ3) is 2.71. The molecule has 74 valence electrons. The van der Waals surface area contributed by atoms with Crippen LogP contribution in [0.5, 0.6) is 0 Å². The topological polar surface area (TPSA) is 29.5 Å². The maximum Gasteiger partial charge on any atom is 0.323 e. The van der Waals surface area contributed by atoms with Crippen molar-refractivity contribution in [3.05, 3.63) is 11.6 Å². The summed E-state index contributed by atoms with van der Waals surface area (Å²) in [5.74, 6) is -0.138. The highest BCUT2D eigenvalue weighted by Crippen LogP contribution is 2.17.